The van der Waals surface area contributed by atoms with Crippen LogP contribution in [-0.4, -0.2) is 128 Å². The van der Waals surface area contributed by atoms with Gasteiger partial charge in [0.25, 0.3) is 0 Å². The zero-order valence-corrected chi connectivity index (χ0v) is 27.9. The molecule has 0 bridgehead atoms. The SMILES string of the molecule is O=C(OCC1O[C@@H](OC(=O)C2C=C(O)C(O)=C(O)C2)C(OC(=O)c2cc(O)c(O)c(O)c2)[C@@H](O)[C@@H]1OC(=O)c1cc(O)c(O)c(O)c1)c1cc(O)c(O)c(O)c1. The molecule has 22 heteroatoms. The van der Waals surface area contributed by atoms with Crippen LogP contribution in [0.25, 0.3) is 0 Å². The van der Waals surface area contributed by atoms with E-state index in [1.165, 1.54) is 0 Å². The lowest BCUT2D eigenvalue weighted by atomic mass is 9.96. The summed E-state index contributed by atoms with van der Waals surface area (Å²) in [7, 11) is 0. The quantitative estimate of drug-likeness (QED) is 0.0818. The Balaban J connectivity index is 1.52. The fraction of sp³-hybridized carbons (Fsp3) is 0.235. The van der Waals surface area contributed by atoms with E-state index in [0.29, 0.717) is 36.4 Å². The number of aliphatic hydroxyl groups excluding tert-OH is 4. The van der Waals surface area contributed by atoms with Gasteiger partial charge in [-0.2, -0.15) is 0 Å². The average molecular weight is 791 g/mol. The fourth-order valence-corrected chi connectivity index (χ4v) is 5.32. The normalized spacial score (nSPS) is 22.1. The van der Waals surface area contributed by atoms with Crippen LogP contribution in [0.2, 0.25) is 0 Å². The number of hydrogen-bond acceptors (Lipinski definition) is 22. The van der Waals surface area contributed by atoms with Gasteiger partial charge in [0, 0.05) is 6.42 Å². The van der Waals surface area contributed by atoms with Crippen molar-refractivity contribution in [2.24, 2.45) is 5.92 Å². The second-order valence-corrected chi connectivity index (χ2v) is 12.1. The average Bonchev–Trinajstić information content (AvgIpc) is 3.14. The van der Waals surface area contributed by atoms with Crippen LogP contribution in [0.15, 0.2) is 59.8 Å². The summed E-state index contributed by atoms with van der Waals surface area (Å²) in [5, 5.41) is 130. The summed E-state index contributed by atoms with van der Waals surface area (Å²) >= 11 is 0. The van der Waals surface area contributed by atoms with Gasteiger partial charge in [0.1, 0.15) is 24.6 Å². The third kappa shape index (κ3) is 8.04. The Hall–Kier alpha value is -7.46. The van der Waals surface area contributed by atoms with E-state index in [1.54, 1.807) is 0 Å². The van der Waals surface area contributed by atoms with E-state index in [-0.39, 0.29) is 0 Å². The van der Waals surface area contributed by atoms with Crippen LogP contribution in [0, 0.1) is 5.92 Å². The summed E-state index contributed by atoms with van der Waals surface area (Å²) < 4.78 is 26.8. The predicted molar refractivity (Wildman–Crippen MR) is 175 cm³/mol. The summed E-state index contributed by atoms with van der Waals surface area (Å²) in [6, 6.07) is 3.87. The van der Waals surface area contributed by atoms with Crippen molar-refractivity contribution in [1.82, 2.24) is 0 Å². The topological polar surface area (TPSA) is 377 Å². The van der Waals surface area contributed by atoms with E-state index in [9.17, 15) is 85.6 Å². The van der Waals surface area contributed by atoms with E-state index in [1.807, 2.05) is 0 Å². The Morgan fingerprint density at radius 1 is 0.589 bits per heavy atom. The number of hydrogen-bond donors (Lipinski definition) is 13. The largest absolute Gasteiger partial charge is 0.508 e. The minimum Gasteiger partial charge on any atom is -0.508 e. The number of aromatic hydroxyl groups is 9. The molecule has 0 aromatic heterocycles. The predicted octanol–water partition coefficient (Wildman–Crippen LogP) is 1.06. The molecule has 5 rings (SSSR count). The maximum atomic E-state index is 13.3. The molecule has 3 aromatic carbocycles. The van der Waals surface area contributed by atoms with Crippen LogP contribution >= 0.6 is 0 Å². The first-order chi connectivity index (χ1) is 26.3. The molecule has 6 atom stereocenters. The Morgan fingerprint density at radius 2 is 1.00 bits per heavy atom. The number of esters is 4. The van der Waals surface area contributed by atoms with E-state index < -0.39 is 159 Å². The van der Waals surface area contributed by atoms with Gasteiger partial charge in [-0.1, -0.05) is 0 Å². The van der Waals surface area contributed by atoms with E-state index in [0.717, 1.165) is 6.08 Å². The lowest BCUT2D eigenvalue weighted by molar-refractivity contribution is -0.291. The van der Waals surface area contributed by atoms with E-state index in [4.69, 9.17) is 23.7 Å². The minimum atomic E-state index is -2.38. The van der Waals surface area contributed by atoms with Crippen LogP contribution in [0.5, 0.6) is 51.7 Å². The van der Waals surface area contributed by atoms with Crippen LogP contribution in [0.1, 0.15) is 37.5 Å². The third-order valence-electron chi connectivity index (χ3n) is 8.22. The number of carbonyl (C=O) groups excluding carboxylic acids is 4. The monoisotopic (exact) mass is 790 g/mol. The van der Waals surface area contributed by atoms with Crippen molar-refractivity contribution in [2.45, 2.75) is 37.1 Å². The van der Waals surface area contributed by atoms with Gasteiger partial charge in [0.15, 0.2) is 75.5 Å². The number of aliphatic hydroxyl groups is 4. The van der Waals surface area contributed by atoms with Gasteiger partial charge in [-0.25, -0.2) is 14.4 Å². The van der Waals surface area contributed by atoms with Gasteiger partial charge in [0.05, 0.1) is 22.6 Å². The van der Waals surface area contributed by atoms with Gasteiger partial charge in [-0.05, 0) is 42.5 Å². The highest BCUT2D eigenvalue weighted by atomic mass is 16.7. The van der Waals surface area contributed by atoms with Crippen molar-refractivity contribution in [3.05, 3.63) is 76.4 Å². The van der Waals surface area contributed by atoms with Crippen molar-refractivity contribution in [3.63, 3.8) is 0 Å². The van der Waals surface area contributed by atoms with Crippen molar-refractivity contribution >= 4 is 23.9 Å². The zero-order chi connectivity index (χ0) is 41.3. The number of benzene rings is 3. The molecule has 0 amide bonds. The number of allylic oxidation sites excluding steroid dienone is 1. The molecule has 1 heterocycles. The molecule has 1 aliphatic carbocycles. The Kier molecular flexibility index (Phi) is 11.0. The Labute approximate surface area is 311 Å². The Morgan fingerprint density at radius 3 is 1.43 bits per heavy atom. The van der Waals surface area contributed by atoms with Crippen LogP contribution in [0.3, 0.4) is 0 Å². The first-order valence-electron chi connectivity index (χ1n) is 15.7. The van der Waals surface area contributed by atoms with Gasteiger partial charge in [0.2, 0.25) is 6.29 Å². The minimum absolute atomic E-state index is 0.562. The number of carbonyl (C=O) groups is 4. The molecule has 0 spiro atoms. The lowest BCUT2D eigenvalue weighted by Gasteiger charge is -2.42. The van der Waals surface area contributed by atoms with Crippen LogP contribution < -0.4 is 0 Å². The number of phenolic OH excluding ortho intramolecular Hbond substituents is 9. The van der Waals surface area contributed by atoms with Crippen molar-refractivity contribution in [2.75, 3.05) is 6.61 Å². The van der Waals surface area contributed by atoms with Gasteiger partial charge in [-0.15, -0.1) is 0 Å². The second-order valence-electron chi connectivity index (χ2n) is 12.1. The maximum Gasteiger partial charge on any atom is 0.339 e. The molecule has 1 saturated heterocycles. The number of ether oxygens (including phenoxy) is 5. The molecule has 56 heavy (non-hydrogen) atoms. The third-order valence-corrected chi connectivity index (χ3v) is 8.22. The molecular formula is C34H30O22. The van der Waals surface area contributed by atoms with Gasteiger partial charge < -0.3 is 90.1 Å². The summed E-state index contributed by atoms with van der Waals surface area (Å²) in [5.41, 5.74) is -1.90. The molecule has 298 valence electrons. The first kappa shape index (κ1) is 39.7. The second kappa shape index (κ2) is 15.5. The molecule has 3 aromatic rings. The summed E-state index contributed by atoms with van der Waals surface area (Å²) in [4.78, 5) is 52.7. The highest BCUT2D eigenvalue weighted by Gasteiger charge is 2.52. The summed E-state index contributed by atoms with van der Waals surface area (Å²) in [6.07, 6.45) is -10.9. The van der Waals surface area contributed by atoms with Gasteiger partial charge in [-0.3, -0.25) is 4.79 Å². The zero-order valence-electron chi connectivity index (χ0n) is 27.9. The van der Waals surface area contributed by atoms with E-state index in [2.05, 4.69) is 0 Å². The molecule has 22 nitrogen and oxygen atoms in total. The molecular weight excluding hydrogens is 760 g/mol. The van der Waals surface area contributed by atoms with Gasteiger partial charge >= 0.3 is 23.9 Å². The first-order valence-corrected chi connectivity index (χ1v) is 15.7. The van der Waals surface area contributed by atoms with Crippen molar-refractivity contribution in [3.8, 4) is 51.7 Å². The fourth-order valence-electron chi connectivity index (χ4n) is 5.32. The van der Waals surface area contributed by atoms with Crippen molar-refractivity contribution < 1.29 is 109 Å². The molecule has 0 saturated carbocycles. The summed E-state index contributed by atoms with van der Waals surface area (Å²) in [5.74, 6) is -19.0. The molecule has 1 aliphatic heterocycles. The summed E-state index contributed by atoms with van der Waals surface area (Å²) in [6.45, 7) is -1.07. The number of phenols is 9. The van der Waals surface area contributed by atoms with Crippen molar-refractivity contribution in [1.29, 1.82) is 0 Å². The molecule has 1 fully saturated rings. The van der Waals surface area contributed by atoms with E-state index >= 15 is 0 Å². The molecule has 2 aliphatic rings. The van der Waals surface area contributed by atoms with Crippen LogP contribution in [-0.2, 0) is 28.5 Å². The lowest BCUT2D eigenvalue weighted by Crippen LogP contribution is -2.62. The molecule has 0 radical (unpaired) electrons. The molecule has 13 N–H and O–H groups in total. The molecule has 3 unspecified atom stereocenters. The number of rotatable bonds is 9. The Bertz CT molecular complexity index is 2080. The maximum absolute atomic E-state index is 13.3. The highest BCUT2D eigenvalue weighted by Crippen LogP contribution is 2.39. The highest BCUT2D eigenvalue weighted by molar-refractivity contribution is 5.92. The van der Waals surface area contributed by atoms with Crippen LogP contribution in [0.4, 0.5) is 0 Å². The smallest absolute Gasteiger partial charge is 0.339 e. The standard InChI is InChI=1S/C34H30O22/c35-14-1-10(2-15(36)23(14)43)30(48)52-9-22-28(54-31(49)11-3-16(37)24(44)17(38)4-11)27(47)29(55-32(50)12-5-18(39)25(45)19(40)6-12)34(53-22)56-33(51)13-7-20(41)26(46)21(42)8-13/h1-7,13,22,27-29,34-47H,8-9H2/t13?,22?,27-,28+,29?,34-/m0/s1.